The van der Waals surface area contributed by atoms with E-state index in [2.05, 4.69) is 38.7 Å². The van der Waals surface area contributed by atoms with Crippen LogP contribution < -0.4 is 0 Å². The van der Waals surface area contributed by atoms with E-state index in [-0.39, 0.29) is 0 Å². The summed E-state index contributed by atoms with van der Waals surface area (Å²) in [7, 11) is 0. The summed E-state index contributed by atoms with van der Waals surface area (Å²) in [5.41, 5.74) is 6.12. The average Bonchev–Trinajstić information content (AvgIpc) is 3.22. The Bertz CT molecular complexity index is 956. The van der Waals surface area contributed by atoms with Crippen molar-refractivity contribution in [3.05, 3.63) is 35.4 Å². The van der Waals surface area contributed by atoms with Gasteiger partial charge in [0.05, 0.1) is 18.3 Å². The number of aliphatic imine (C=N–C) groups is 1. The van der Waals surface area contributed by atoms with E-state index in [9.17, 15) is 0 Å². The first kappa shape index (κ1) is 12.1. The lowest BCUT2D eigenvalue weighted by molar-refractivity contribution is 0.450. The van der Waals surface area contributed by atoms with Crippen molar-refractivity contribution in [2.45, 2.75) is 32.2 Å². The molecule has 0 bridgehead atoms. The number of aryl methyl sites for hydroxylation is 1. The Hall–Kier alpha value is -2.43. The van der Waals surface area contributed by atoms with Gasteiger partial charge in [-0.2, -0.15) is 0 Å². The molecule has 0 saturated carbocycles. The zero-order valence-electron chi connectivity index (χ0n) is 12.5. The Morgan fingerprint density at radius 3 is 3.27 bits per heavy atom. The Labute approximate surface area is 127 Å². The molecule has 1 aliphatic carbocycles. The zero-order chi connectivity index (χ0) is 14.7. The van der Waals surface area contributed by atoms with Crippen molar-refractivity contribution in [1.82, 2.24) is 19.5 Å². The molecule has 0 amide bonds. The Morgan fingerprint density at radius 2 is 2.32 bits per heavy atom. The molecule has 0 saturated heterocycles. The van der Waals surface area contributed by atoms with Gasteiger partial charge < -0.3 is 9.55 Å². The summed E-state index contributed by atoms with van der Waals surface area (Å²) >= 11 is 0. The van der Waals surface area contributed by atoms with Gasteiger partial charge in [-0.15, -0.1) is 0 Å². The lowest BCUT2D eigenvalue weighted by Crippen LogP contribution is -2.16. The second-order valence-corrected chi connectivity index (χ2v) is 6.26. The molecule has 1 atom stereocenters. The molecule has 110 valence electrons. The molecule has 0 aromatic carbocycles. The Balaban J connectivity index is 1.72. The predicted octanol–water partition coefficient (Wildman–Crippen LogP) is 3.33. The highest BCUT2D eigenvalue weighted by atomic mass is 15.1. The Morgan fingerprint density at radius 1 is 1.36 bits per heavy atom. The van der Waals surface area contributed by atoms with Crippen molar-refractivity contribution in [3.63, 3.8) is 0 Å². The topological polar surface area (TPSA) is 58.9 Å². The maximum atomic E-state index is 4.74. The van der Waals surface area contributed by atoms with Gasteiger partial charge in [0, 0.05) is 23.8 Å². The molecule has 3 aromatic rings. The van der Waals surface area contributed by atoms with Crippen LogP contribution in [-0.4, -0.2) is 32.3 Å². The fourth-order valence-corrected chi connectivity index (χ4v) is 3.97. The van der Waals surface area contributed by atoms with Gasteiger partial charge >= 0.3 is 0 Å². The van der Waals surface area contributed by atoms with Crippen LogP contribution in [0.2, 0.25) is 0 Å². The number of hydrogen-bond donors (Lipinski definition) is 1. The van der Waals surface area contributed by atoms with Crippen LogP contribution >= 0.6 is 0 Å². The molecule has 5 rings (SSSR count). The van der Waals surface area contributed by atoms with E-state index in [0.29, 0.717) is 6.04 Å². The maximum Gasteiger partial charge on any atom is 0.139 e. The molecule has 0 spiro atoms. The standard InChI is InChI=1S/C17H17N5/c1-10-21-15-9-20-17-14(4-5-19-17)16(15)22(10)13-3-2-11-7-18-8-12(11)6-13/h4-5,8-9,13H,2-3,6-7H2,1H3,(H,19,20). The number of aromatic nitrogens is 4. The van der Waals surface area contributed by atoms with Crippen molar-refractivity contribution in [2.24, 2.45) is 4.99 Å². The van der Waals surface area contributed by atoms with Crippen LogP contribution in [0, 0.1) is 6.92 Å². The molecule has 3 aromatic heterocycles. The minimum Gasteiger partial charge on any atom is -0.346 e. The SMILES string of the molecule is Cc1nc2cnc3[nH]ccc3c2n1C1CCC2=C(C=NC2)C1. The number of hydrogen-bond acceptors (Lipinski definition) is 3. The Kier molecular flexibility index (Phi) is 2.37. The number of H-pyrrole nitrogens is 1. The number of imidazole rings is 1. The molecule has 22 heavy (non-hydrogen) atoms. The number of nitrogens with zero attached hydrogens (tertiary/aromatic N) is 4. The van der Waals surface area contributed by atoms with Crippen LogP contribution in [-0.2, 0) is 0 Å². The molecule has 0 fully saturated rings. The summed E-state index contributed by atoms with van der Waals surface area (Å²) in [6.07, 6.45) is 9.29. The van der Waals surface area contributed by atoms with Gasteiger partial charge in [0.1, 0.15) is 17.0 Å². The molecule has 1 aliphatic heterocycles. The van der Waals surface area contributed by atoms with Crippen molar-refractivity contribution < 1.29 is 0 Å². The summed E-state index contributed by atoms with van der Waals surface area (Å²) in [6, 6.07) is 2.57. The van der Waals surface area contributed by atoms with E-state index >= 15 is 0 Å². The maximum absolute atomic E-state index is 4.74. The van der Waals surface area contributed by atoms with Gasteiger partial charge in [-0.3, -0.25) is 4.99 Å². The van der Waals surface area contributed by atoms with Crippen LogP contribution in [0.4, 0.5) is 0 Å². The lowest BCUT2D eigenvalue weighted by atomic mass is 9.89. The molecule has 0 radical (unpaired) electrons. The lowest BCUT2D eigenvalue weighted by Gasteiger charge is -2.26. The second kappa shape index (κ2) is 4.29. The third-order valence-electron chi connectivity index (χ3n) is 4.99. The summed E-state index contributed by atoms with van der Waals surface area (Å²) in [5.74, 6) is 1.08. The van der Waals surface area contributed by atoms with Gasteiger partial charge in [-0.1, -0.05) is 0 Å². The molecule has 1 N–H and O–H groups in total. The van der Waals surface area contributed by atoms with E-state index in [0.717, 1.165) is 41.8 Å². The smallest absolute Gasteiger partial charge is 0.139 e. The number of pyridine rings is 1. The largest absolute Gasteiger partial charge is 0.346 e. The normalized spacial score (nSPS) is 21.2. The van der Waals surface area contributed by atoms with E-state index in [1.54, 1.807) is 0 Å². The van der Waals surface area contributed by atoms with Crippen LogP contribution in [0.25, 0.3) is 22.1 Å². The highest BCUT2D eigenvalue weighted by Gasteiger charge is 2.26. The third kappa shape index (κ3) is 1.56. The quantitative estimate of drug-likeness (QED) is 0.747. The molecule has 4 heterocycles. The number of nitrogens with one attached hydrogen (secondary N) is 1. The first-order valence-electron chi connectivity index (χ1n) is 7.82. The molecular formula is C17H17N5. The van der Waals surface area contributed by atoms with Gasteiger partial charge in [-0.25, -0.2) is 9.97 Å². The fourth-order valence-electron chi connectivity index (χ4n) is 3.97. The van der Waals surface area contributed by atoms with E-state index in [4.69, 9.17) is 4.98 Å². The number of allylic oxidation sites excluding steroid dienone is 1. The van der Waals surface area contributed by atoms with Crippen LogP contribution in [0.1, 0.15) is 31.1 Å². The monoisotopic (exact) mass is 291 g/mol. The minimum absolute atomic E-state index is 0.466. The van der Waals surface area contributed by atoms with Gasteiger partial charge in [0.25, 0.3) is 0 Å². The summed E-state index contributed by atoms with van der Waals surface area (Å²) in [5, 5.41) is 1.16. The number of fused-ring (bicyclic) bond motifs is 3. The molecule has 5 heteroatoms. The average molecular weight is 291 g/mol. The van der Waals surface area contributed by atoms with E-state index in [1.807, 2.05) is 12.4 Å². The molecule has 2 aliphatic rings. The first-order chi connectivity index (χ1) is 10.8. The fraction of sp³-hybridized carbons (Fsp3) is 0.353. The predicted molar refractivity (Wildman–Crippen MR) is 87.4 cm³/mol. The summed E-state index contributed by atoms with van der Waals surface area (Å²) < 4.78 is 2.42. The van der Waals surface area contributed by atoms with Gasteiger partial charge in [-0.05, 0) is 43.4 Å². The molecule has 1 unspecified atom stereocenters. The van der Waals surface area contributed by atoms with Crippen molar-refractivity contribution >= 4 is 28.3 Å². The van der Waals surface area contributed by atoms with E-state index in [1.165, 1.54) is 23.1 Å². The molecular weight excluding hydrogens is 274 g/mol. The highest BCUT2D eigenvalue weighted by Crippen LogP contribution is 2.38. The number of rotatable bonds is 1. The van der Waals surface area contributed by atoms with Crippen LogP contribution in [0.5, 0.6) is 0 Å². The van der Waals surface area contributed by atoms with Crippen LogP contribution in [0.3, 0.4) is 0 Å². The highest BCUT2D eigenvalue weighted by molar-refractivity contribution is 6.01. The first-order valence-corrected chi connectivity index (χ1v) is 7.82. The van der Waals surface area contributed by atoms with Crippen molar-refractivity contribution in [2.75, 3.05) is 6.54 Å². The van der Waals surface area contributed by atoms with E-state index < -0.39 is 0 Å². The van der Waals surface area contributed by atoms with Gasteiger partial charge in [0.2, 0.25) is 0 Å². The zero-order valence-corrected chi connectivity index (χ0v) is 12.5. The summed E-state index contributed by atoms with van der Waals surface area (Å²) in [4.78, 5) is 16.8. The second-order valence-electron chi connectivity index (χ2n) is 6.26. The van der Waals surface area contributed by atoms with Crippen molar-refractivity contribution in [1.29, 1.82) is 0 Å². The summed E-state index contributed by atoms with van der Waals surface area (Å²) in [6.45, 7) is 3.02. The molecule has 5 nitrogen and oxygen atoms in total. The number of aromatic amines is 1. The van der Waals surface area contributed by atoms with Gasteiger partial charge in [0.15, 0.2) is 0 Å². The van der Waals surface area contributed by atoms with Crippen molar-refractivity contribution in [3.8, 4) is 0 Å². The minimum atomic E-state index is 0.466. The van der Waals surface area contributed by atoms with Crippen LogP contribution in [0.15, 0.2) is 34.6 Å². The third-order valence-corrected chi connectivity index (χ3v) is 4.99.